The number of para-hydroxylation sites is 1. The number of aromatic nitrogens is 2. The van der Waals surface area contributed by atoms with Gasteiger partial charge in [0.2, 0.25) is 0 Å². The van der Waals surface area contributed by atoms with Gasteiger partial charge in [0, 0.05) is 22.9 Å². The van der Waals surface area contributed by atoms with E-state index in [-0.39, 0.29) is 11.6 Å². The maximum absolute atomic E-state index is 13.4. The van der Waals surface area contributed by atoms with Crippen LogP contribution in [0.2, 0.25) is 0 Å². The van der Waals surface area contributed by atoms with Crippen molar-refractivity contribution in [2.75, 3.05) is 7.11 Å². The fourth-order valence-electron chi connectivity index (χ4n) is 3.07. The quantitative estimate of drug-likeness (QED) is 0.314. The Bertz CT molecular complexity index is 1180. The van der Waals surface area contributed by atoms with Gasteiger partial charge in [-0.25, -0.2) is 9.07 Å². The van der Waals surface area contributed by atoms with Gasteiger partial charge in [-0.3, -0.25) is 4.79 Å². The first-order chi connectivity index (χ1) is 14.6. The Morgan fingerprint density at radius 1 is 0.967 bits per heavy atom. The van der Waals surface area contributed by atoms with Gasteiger partial charge in [0.05, 0.1) is 18.5 Å². The van der Waals surface area contributed by atoms with Gasteiger partial charge in [0.25, 0.3) is 0 Å². The lowest BCUT2D eigenvalue weighted by molar-refractivity contribution is 0.104. The number of allylic oxidation sites excluding steroid dienone is 1. The topological polar surface area (TPSA) is 44.1 Å². The highest BCUT2D eigenvalue weighted by molar-refractivity contribution is 6.07. The molecule has 0 fully saturated rings. The summed E-state index contributed by atoms with van der Waals surface area (Å²) in [5.41, 5.74) is 3.64. The number of halogens is 1. The van der Waals surface area contributed by atoms with Crippen LogP contribution in [0.15, 0.2) is 91.1 Å². The molecule has 0 amide bonds. The van der Waals surface area contributed by atoms with Gasteiger partial charge >= 0.3 is 0 Å². The third-order valence-electron chi connectivity index (χ3n) is 4.67. The fourth-order valence-corrected chi connectivity index (χ4v) is 3.07. The average Bonchev–Trinajstić information content (AvgIpc) is 3.23. The minimum Gasteiger partial charge on any atom is -0.497 e. The van der Waals surface area contributed by atoms with Gasteiger partial charge in [-0.05, 0) is 72.8 Å². The van der Waals surface area contributed by atoms with Gasteiger partial charge < -0.3 is 4.74 Å². The van der Waals surface area contributed by atoms with E-state index >= 15 is 0 Å². The lowest BCUT2D eigenvalue weighted by atomic mass is 10.1. The molecule has 148 valence electrons. The standard InChI is InChI=1S/C25H19FN2O2/c1-30-23-14-9-18(10-15-23)24(29)16-11-20-17-28(22-5-3-2-4-6-22)27-25(20)19-7-12-21(26)13-8-19/h2-17H,1H3/b16-11+. The second-order valence-electron chi connectivity index (χ2n) is 6.65. The summed E-state index contributed by atoms with van der Waals surface area (Å²) >= 11 is 0. The zero-order chi connectivity index (χ0) is 20.9. The van der Waals surface area contributed by atoms with Crippen molar-refractivity contribution in [1.29, 1.82) is 0 Å². The average molecular weight is 398 g/mol. The van der Waals surface area contributed by atoms with Crippen molar-refractivity contribution < 1.29 is 13.9 Å². The first-order valence-corrected chi connectivity index (χ1v) is 9.41. The van der Waals surface area contributed by atoms with E-state index in [2.05, 4.69) is 5.10 Å². The predicted molar refractivity (Wildman–Crippen MR) is 115 cm³/mol. The summed E-state index contributed by atoms with van der Waals surface area (Å²) in [6, 6.07) is 22.8. The Balaban J connectivity index is 1.69. The first-order valence-electron chi connectivity index (χ1n) is 9.41. The summed E-state index contributed by atoms with van der Waals surface area (Å²) in [6.07, 6.45) is 5.10. The lowest BCUT2D eigenvalue weighted by Crippen LogP contribution is -1.94. The molecule has 0 N–H and O–H groups in total. The van der Waals surface area contributed by atoms with Crippen LogP contribution in [0.1, 0.15) is 15.9 Å². The molecule has 1 heterocycles. The SMILES string of the molecule is COc1ccc(C(=O)/C=C/c2cn(-c3ccccc3)nc2-c2ccc(F)cc2)cc1. The van der Waals surface area contributed by atoms with Crippen molar-refractivity contribution in [2.45, 2.75) is 0 Å². The van der Waals surface area contributed by atoms with E-state index in [0.717, 1.165) is 16.8 Å². The normalized spacial score (nSPS) is 11.0. The smallest absolute Gasteiger partial charge is 0.185 e. The second kappa shape index (κ2) is 8.57. The zero-order valence-corrected chi connectivity index (χ0v) is 16.3. The number of ketones is 1. The van der Waals surface area contributed by atoms with Crippen molar-refractivity contribution in [2.24, 2.45) is 0 Å². The second-order valence-corrected chi connectivity index (χ2v) is 6.65. The van der Waals surface area contributed by atoms with Crippen LogP contribution in [-0.4, -0.2) is 22.7 Å². The van der Waals surface area contributed by atoms with Crippen LogP contribution in [-0.2, 0) is 0 Å². The molecule has 4 aromatic rings. The van der Waals surface area contributed by atoms with Crippen molar-refractivity contribution in [3.8, 4) is 22.7 Å². The molecule has 0 aliphatic carbocycles. The van der Waals surface area contributed by atoms with Crippen molar-refractivity contribution in [1.82, 2.24) is 9.78 Å². The molecule has 0 saturated carbocycles. The van der Waals surface area contributed by atoms with E-state index in [4.69, 9.17) is 4.74 Å². The number of ether oxygens (including phenoxy) is 1. The Morgan fingerprint density at radius 2 is 1.67 bits per heavy atom. The maximum Gasteiger partial charge on any atom is 0.185 e. The largest absolute Gasteiger partial charge is 0.497 e. The number of hydrogen-bond donors (Lipinski definition) is 0. The third-order valence-corrected chi connectivity index (χ3v) is 4.67. The van der Waals surface area contributed by atoms with E-state index in [1.54, 1.807) is 54.3 Å². The van der Waals surface area contributed by atoms with Crippen LogP contribution in [0.4, 0.5) is 4.39 Å². The summed E-state index contributed by atoms with van der Waals surface area (Å²) in [5.74, 6) is 0.251. The van der Waals surface area contributed by atoms with Crippen LogP contribution in [0.25, 0.3) is 23.0 Å². The number of methoxy groups -OCH3 is 1. The zero-order valence-electron chi connectivity index (χ0n) is 16.3. The van der Waals surface area contributed by atoms with Gasteiger partial charge in [-0.2, -0.15) is 5.10 Å². The molecule has 4 nitrogen and oxygen atoms in total. The summed E-state index contributed by atoms with van der Waals surface area (Å²) in [4.78, 5) is 12.6. The summed E-state index contributed by atoms with van der Waals surface area (Å²) in [5, 5.41) is 4.67. The van der Waals surface area contributed by atoms with Crippen LogP contribution in [0.3, 0.4) is 0 Å². The highest BCUT2D eigenvalue weighted by Crippen LogP contribution is 2.25. The molecule has 30 heavy (non-hydrogen) atoms. The molecular formula is C25H19FN2O2. The molecule has 4 rings (SSSR count). The van der Waals surface area contributed by atoms with Crippen molar-refractivity contribution in [3.05, 3.63) is 108 Å². The molecule has 0 spiro atoms. The summed E-state index contributed by atoms with van der Waals surface area (Å²) in [7, 11) is 1.58. The first kappa shape index (κ1) is 19.3. The Kier molecular flexibility index (Phi) is 5.52. The highest BCUT2D eigenvalue weighted by Gasteiger charge is 2.11. The molecule has 0 atom stereocenters. The predicted octanol–water partition coefficient (Wildman–Crippen LogP) is 5.58. The van der Waals surface area contributed by atoms with E-state index in [1.165, 1.54) is 18.2 Å². The number of nitrogens with zero attached hydrogens (tertiary/aromatic N) is 2. The molecule has 5 heteroatoms. The Hall–Kier alpha value is -3.99. The Labute approximate surface area is 173 Å². The molecular weight excluding hydrogens is 379 g/mol. The summed E-state index contributed by atoms with van der Waals surface area (Å²) < 4.78 is 20.3. The molecule has 0 aliphatic rings. The maximum atomic E-state index is 13.4. The molecule has 3 aromatic carbocycles. The number of rotatable bonds is 6. The number of carbonyl (C=O) groups is 1. The van der Waals surface area contributed by atoms with Crippen LogP contribution >= 0.6 is 0 Å². The van der Waals surface area contributed by atoms with E-state index < -0.39 is 0 Å². The number of benzene rings is 3. The van der Waals surface area contributed by atoms with Gasteiger partial charge in [-0.15, -0.1) is 0 Å². The molecule has 0 unspecified atom stereocenters. The molecule has 0 saturated heterocycles. The molecule has 1 aromatic heterocycles. The van der Waals surface area contributed by atoms with Crippen molar-refractivity contribution >= 4 is 11.9 Å². The fraction of sp³-hybridized carbons (Fsp3) is 0.0400. The molecule has 0 aliphatic heterocycles. The van der Waals surface area contributed by atoms with E-state index in [9.17, 15) is 9.18 Å². The summed E-state index contributed by atoms with van der Waals surface area (Å²) in [6.45, 7) is 0. The third kappa shape index (κ3) is 4.20. The van der Waals surface area contributed by atoms with Crippen molar-refractivity contribution in [3.63, 3.8) is 0 Å². The lowest BCUT2D eigenvalue weighted by Gasteiger charge is -2.01. The Morgan fingerprint density at radius 3 is 2.33 bits per heavy atom. The number of hydrogen-bond acceptors (Lipinski definition) is 3. The molecule has 0 bridgehead atoms. The van der Waals surface area contributed by atoms with Gasteiger partial charge in [-0.1, -0.05) is 18.2 Å². The van der Waals surface area contributed by atoms with E-state index in [0.29, 0.717) is 17.0 Å². The monoisotopic (exact) mass is 398 g/mol. The minimum absolute atomic E-state index is 0.129. The van der Waals surface area contributed by atoms with Gasteiger partial charge in [0.1, 0.15) is 11.6 Å². The highest BCUT2D eigenvalue weighted by atomic mass is 19.1. The number of carbonyl (C=O) groups excluding carboxylic acids is 1. The van der Waals surface area contributed by atoms with Crippen LogP contribution in [0, 0.1) is 5.82 Å². The van der Waals surface area contributed by atoms with Gasteiger partial charge in [0.15, 0.2) is 5.78 Å². The molecule has 0 radical (unpaired) electrons. The van der Waals surface area contributed by atoms with Crippen LogP contribution < -0.4 is 4.74 Å². The van der Waals surface area contributed by atoms with Crippen LogP contribution in [0.5, 0.6) is 5.75 Å². The van der Waals surface area contributed by atoms with E-state index in [1.807, 2.05) is 36.5 Å². The minimum atomic E-state index is -0.312.